The molecule has 0 aliphatic rings. The predicted octanol–water partition coefficient (Wildman–Crippen LogP) is 5.23. The van der Waals surface area contributed by atoms with Crippen molar-refractivity contribution in [2.75, 3.05) is 31.5 Å². The number of aliphatic hydroxyl groups excluding tert-OH is 1. The Morgan fingerprint density at radius 2 is 1.71 bits per heavy atom. The minimum Gasteiger partial charge on any atom is -0.493 e. The molecule has 2 aromatic carbocycles. The zero-order chi connectivity index (χ0) is 25.6. The van der Waals surface area contributed by atoms with E-state index in [0.29, 0.717) is 34.3 Å². The summed E-state index contributed by atoms with van der Waals surface area (Å²) in [6.07, 6.45) is -4.82. The number of alkyl halides is 3. The molecule has 1 aromatic heterocycles. The van der Waals surface area contributed by atoms with Gasteiger partial charge in [-0.25, -0.2) is 4.98 Å². The van der Waals surface area contributed by atoms with Gasteiger partial charge in [-0.15, -0.1) is 13.2 Å². The van der Waals surface area contributed by atoms with Crippen molar-refractivity contribution >= 4 is 17.5 Å². The molecule has 0 saturated carbocycles. The van der Waals surface area contributed by atoms with Crippen LogP contribution in [0.5, 0.6) is 17.2 Å². The summed E-state index contributed by atoms with van der Waals surface area (Å²) >= 11 is 0. The van der Waals surface area contributed by atoms with E-state index in [9.17, 15) is 18.3 Å². The second-order valence-corrected chi connectivity index (χ2v) is 7.91. The van der Waals surface area contributed by atoms with E-state index in [1.165, 1.54) is 32.4 Å². The molecule has 0 radical (unpaired) electrons. The Balaban J connectivity index is 2.02. The van der Waals surface area contributed by atoms with Crippen molar-refractivity contribution in [3.8, 4) is 28.5 Å². The third-order valence-corrected chi connectivity index (χ3v) is 5.06. The van der Waals surface area contributed by atoms with Crippen LogP contribution in [0.4, 0.5) is 30.6 Å². The number of halogens is 3. The molecule has 0 unspecified atom stereocenters. The zero-order valence-electron chi connectivity index (χ0n) is 19.7. The third-order valence-electron chi connectivity index (χ3n) is 5.06. The average Bonchev–Trinajstić information content (AvgIpc) is 2.81. The fraction of sp³-hybridized carbons (Fsp3) is 0.333. The minimum atomic E-state index is -4.82. The highest BCUT2D eigenvalue weighted by atomic mass is 19.4. The lowest BCUT2D eigenvalue weighted by atomic mass is 10.1. The van der Waals surface area contributed by atoms with Gasteiger partial charge in [-0.2, -0.15) is 4.98 Å². The molecule has 3 aromatic rings. The monoisotopic (exact) mass is 492 g/mol. The van der Waals surface area contributed by atoms with E-state index >= 15 is 0 Å². The van der Waals surface area contributed by atoms with Crippen LogP contribution < -0.4 is 24.8 Å². The summed E-state index contributed by atoms with van der Waals surface area (Å²) < 4.78 is 52.8. The second kappa shape index (κ2) is 11.1. The van der Waals surface area contributed by atoms with Gasteiger partial charge in [-0.1, -0.05) is 26.0 Å². The van der Waals surface area contributed by atoms with Crippen molar-refractivity contribution in [1.82, 2.24) is 9.97 Å². The van der Waals surface area contributed by atoms with Crippen LogP contribution in [0.2, 0.25) is 0 Å². The molecule has 1 heterocycles. The second-order valence-electron chi connectivity index (χ2n) is 7.91. The number of aliphatic hydroxyl groups is 1. The van der Waals surface area contributed by atoms with Gasteiger partial charge in [0.25, 0.3) is 0 Å². The Morgan fingerprint density at radius 1 is 0.971 bits per heavy atom. The fourth-order valence-corrected chi connectivity index (χ4v) is 3.23. The molecule has 1 atom stereocenters. The van der Waals surface area contributed by atoms with Crippen LogP contribution in [-0.2, 0) is 0 Å². The number of hydrogen-bond donors (Lipinski definition) is 3. The standard InChI is InChI=1S/C24H27F3N4O4/c1-14(2)19(13-32)30-23-29-18(15-6-5-7-17(10-15)35-24(25,26)27)12-22(31-23)28-16-8-9-20(33-3)21(11-16)34-4/h5-12,14,19,32H,13H2,1-4H3,(H2,28,29,30,31)/t19-/m0/s1. The van der Waals surface area contributed by atoms with Crippen LogP contribution in [0.25, 0.3) is 11.3 Å². The van der Waals surface area contributed by atoms with Crippen molar-refractivity contribution in [1.29, 1.82) is 0 Å². The van der Waals surface area contributed by atoms with Gasteiger partial charge in [0.05, 0.1) is 32.6 Å². The van der Waals surface area contributed by atoms with Crippen molar-refractivity contribution < 1.29 is 32.5 Å². The highest BCUT2D eigenvalue weighted by Gasteiger charge is 2.31. The van der Waals surface area contributed by atoms with Gasteiger partial charge in [0.15, 0.2) is 11.5 Å². The van der Waals surface area contributed by atoms with E-state index in [1.807, 2.05) is 13.8 Å². The molecule has 35 heavy (non-hydrogen) atoms. The molecule has 0 aliphatic carbocycles. The fourth-order valence-electron chi connectivity index (χ4n) is 3.23. The van der Waals surface area contributed by atoms with Gasteiger partial charge >= 0.3 is 6.36 Å². The van der Waals surface area contributed by atoms with Crippen molar-refractivity contribution in [2.24, 2.45) is 5.92 Å². The Morgan fingerprint density at radius 3 is 2.34 bits per heavy atom. The van der Waals surface area contributed by atoms with Crippen LogP contribution in [0.3, 0.4) is 0 Å². The number of ether oxygens (including phenoxy) is 3. The van der Waals surface area contributed by atoms with Gasteiger partial charge < -0.3 is 30.0 Å². The predicted molar refractivity (Wildman–Crippen MR) is 126 cm³/mol. The highest BCUT2D eigenvalue weighted by molar-refractivity contribution is 5.69. The molecule has 0 saturated heterocycles. The largest absolute Gasteiger partial charge is 0.573 e. The molecule has 0 amide bonds. The van der Waals surface area contributed by atoms with Crippen LogP contribution >= 0.6 is 0 Å². The minimum absolute atomic E-state index is 0.0676. The maximum atomic E-state index is 12.7. The third kappa shape index (κ3) is 7.12. The first-order valence-corrected chi connectivity index (χ1v) is 10.7. The Hall–Kier alpha value is -3.73. The van der Waals surface area contributed by atoms with Crippen LogP contribution in [0.1, 0.15) is 13.8 Å². The summed E-state index contributed by atoms with van der Waals surface area (Å²) in [6, 6.07) is 12.0. The number of nitrogens with zero attached hydrogens (tertiary/aromatic N) is 2. The van der Waals surface area contributed by atoms with E-state index in [0.717, 1.165) is 0 Å². The van der Waals surface area contributed by atoms with Crippen molar-refractivity contribution in [2.45, 2.75) is 26.3 Å². The van der Waals surface area contributed by atoms with Gasteiger partial charge in [0, 0.05) is 23.4 Å². The van der Waals surface area contributed by atoms with E-state index in [-0.39, 0.29) is 30.3 Å². The van der Waals surface area contributed by atoms with E-state index in [1.54, 1.807) is 30.3 Å². The van der Waals surface area contributed by atoms with Gasteiger partial charge in [0.1, 0.15) is 11.6 Å². The molecule has 0 fully saturated rings. The lowest BCUT2D eigenvalue weighted by Crippen LogP contribution is -2.30. The number of rotatable bonds is 10. The first-order chi connectivity index (χ1) is 16.6. The lowest BCUT2D eigenvalue weighted by Gasteiger charge is -2.21. The first kappa shape index (κ1) is 25.9. The number of anilines is 3. The van der Waals surface area contributed by atoms with Crippen LogP contribution in [0.15, 0.2) is 48.5 Å². The van der Waals surface area contributed by atoms with Gasteiger partial charge in [0.2, 0.25) is 5.95 Å². The first-order valence-electron chi connectivity index (χ1n) is 10.7. The van der Waals surface area contributed by atoms with Crippen molar-refractivity contribution in [3.63, 3.8) is 0 Å². The van der Waals surface area contributed by atoms with Gasteiger partial charge in [-0.05, 0) is 30.2 Å². The molecule has 8 nitrogen and oxygen atoms in total. The summed E-state index contributed by atoms with van der Waals surface area (Å²) in [5.74, 6) is 1.31. The molecule has 11 heteroatoms. The molecule has 0 aliphatic heterocycles. The molecular weight excluding hydrogens is 465 g/mol. The molecule has 0 spiro atoms. The van der Waals surface area contributed by atoms with Crippen LogP contribution in [0, 0.1) is 5.92 Å². The SMILES string of the molecule is COc1ccc(Nc2cc(-c3cccc(OC(F)(F)F)c3)nc(N[C@@H](CO)C(C)C)n2)cc1OC. The number of benzene rings is 2. The maximum absolute atomic E-state index is 12.7. The van der Waals surface area contributed by atoms with Crippen LogP contribution in [-0.4, -0.2) is 48.3 Å². The summed E-state index contributed by atoms with van der Waals surface area (Å²) in [6.45, 7) is 3.70. The topological polar surface area (TPSA) is 97.8 Å². The summed E-state index contributed by atoms with van der Waals surface area (Å²) in [5.41, 5.74) is 1.37. The highest BCUT2D eigenvalue weighted by Crippen LogP contribution is 2.33. The number of methoxy groups -OCH3 is 2. The smallest absolute Gasteiger partial charge is 0.493 e. The Labute approximate surface area is 201 Å². The molecular formula is C24H27F3N4O4. The Kier molecular flexibility index (Phi) is 8.23. The molecule has 3 rings (SSSR count). The van der Waals surface area contributed by atoms with E-state index in [2.05, 4.69) is 25.3 Å². The average molecular weight is 492 g/mol. The molecule has 3 N–H and O–H groups in total. The Bertz CT molecular complexity index is 1140. The number of hydrogen-bond acceptors (Lipinski definition) is 8. The summed E-state index contributed by atoms with van der Waals surface area (Å²) in [7, 11) is 3.05. The maximum Gasteiger partial charge on any atom is 0.573 e. The quantitative estimate of drug-likeness (QED) is 0.354. The zero-order valence-corrected chi connectivity index (χ0v) is 19.7. The van der Waals surface area contributed by atoms with E-state index < -0.39 is 6.36 Å². The van der Waals surface area contributed by atoms with Crippen molar-refractivity contribution in [3.05, 3.63) is 48.5 Å². The summed E-state index contributed by atoms with van der Waals surface area (Å²) in [5, 5.41) is 16.0. The van der Waals surface area contributed by atoms with Gasteiger partial charge in [-0.3, -0.25) is 0 Å². The molecule has 0 bridgehead atoms. The molecule has 188 valence electrons. The number of nitrogens with one attached hydrogen (secondary N) is 2. The lowest BCUT2D eigenvalue weighted by molar-refractivity contribution is -0.274. The normalized spacial score (nSPS) is 12.3. The number of aromatic nitrogens is 2. The summed E-state index contributed by atoms with van der Waals surface area (Å²) in [4.78, 5) is 8.94. The van der Waals surface area contributed by atoms with E-state index in [4.69, 9.17) is 9.47 Å².